The van der Waals surface area contributed by atoms with Gasteiger partial charge in [0, 0.05) is 13.0 Å². The summed E-state index contributed by atoms with van der Waals surface area (Å²) < 4.78 is 38.5. The molecule has 1 aliphatic rings. The zero-order valence-electron chi connectivity index (χ0n) is 13.8. The van der Waals surface area contributed by atoms with Crippen molar-refractivity contribution < 1.29 is 13.2 Å². The molecule has 0 spiro atoms. The van der Waals surface area contributed by atoms with Gasteiger partial charge in [-0.05, 0) is 44.0 Å². The fourth-order valence-electron chi connectivity index (χ4n) is 3.27. The number of likely N-dealkylation sites (tertiary alicyclic amines) is 1. The number of hydrogen-bond acceptors (Lipinski definition) is 3. The predicted molar refractivity (Wildman–Crippen MR) is 87.7 cm³/mol. The standard InChI is InChI=1S/C17H21F3N4O/c18-17(19,20)8-11-23-9-6-13(7-10-23)12-15-21-22-16(25)24(15)14-4-2-1-3-5-14/h1-5,13H,6-12H2,(H,22,25). The monoisotopic (exact) mass is 354 g/mol. The Morgan fingerprint density at radius 2 is 1.84 bits per heavy atom. The first kappa shape index (κ1) is 17.7. The van der Waals surface area contributed by atoms with Crippen LogP contribution in [0.25, 0.3) is 5.69 Å². The van der Waals surface area contributed by atoms with E-state index in [1.54, 1.807) is 4.57 Å². The highest BCUT2D eigenvalue weighted by Crippen LogP contribution is 2.24. The summed E-state index contributed by atoms with van der Waals surface area (Å²) in [6.07, 6.45) is -2.59. The second-order valence-electron chi connectivity index (χ2n) is 6.47. The van der Waals surface area contributed by atoms with E-state index in [1.165, 1.54) is 0 Å². The molecule has 2 aromatic rings. The van der Waals surface area contributed by atoms with Crippen LogP contribution in [0.15, 0.2) is 35.1 Å². The van der Waals surface area contributed by atoms with Crippen LogP contribution in [-0.2, 0) is 6.42 Å². The summed E-state index contributed by atoms with van der Waals surface area (Å²) >= 11 is 0. The largest absolute Gasteiger partial charge is 0.390 e. The van der Waals surface area contributed by atoms with Crippen LogP contribution in [0.1, 0.15) is 25.1 Å². The molecule has 0 radical (unpaired) electrons. The molecule has 0 atom stereocenters. The minimum absolute atomic E-state index is 0.0628. The van der Waals surface area contributed by atoms with Gasteiger partial charge in [-0.15, -0.1) is 0 Å². The van der Waals surface area contributed by atoms with Gasteiger partial charge in [0.25, 0.3) is 0 Å². The van der Waals surface area contributed by atoms with E-state index in [9.17, 15) is 18.0 Å². The van der Waals surface area contributed by atoms with Crippen LogP contribution >= 0.6 is 0 Å². The molecule has 0 unspecified atom stereocenters. The van der Waals surface area contributed by atoms with Crippen molar-refractivity contribution in [3.8, 4) is 5.69 Å². The van der Waals surface area contributed by atoms with Gasteiger partial charge >= 0.3 is 11.9 Å². The minimum Gasteiger partial charge on any atom is -0.303 e. The molecule has 1 aliphatic heterocycles. The van der Waals surface area contributed by atoms with Gasteiger partial charge in [-0.3, -0.25) is 0 Å². The average Bonchev–Trinajstić information content (AvgIpc) is 2.95. The first-order valence-electron chi connectivity index (χ1n) is 8.43. The second kappa shape index (κ2) is 7.43. The number of rotatable bonds is 5. The molecule has 0 saturated carbocycles. The van der Waals surface area contributed by atoms with Crippen molar-refractivity contribution in [2.24, 2.45) is 5.92 Å². The third kappa shape index (κ3) is 4.72. The molecule has 136 valence electrons. The number of aromatic amines is 1. The Morgan fingerprint density at radius 1 is 1.16 bits per heavy atom. The van der Waals surface area contributed by atoms with Crippen molar-refractivity contribution in [1.82, 2.24) is 19.7 Å². The van der Waals surface area contributed by atoms with Crippen molar-refractivity contribution in [1.29, 1.82) is 0 Å². The van der Waals surface area contributed by atoms with Gasteiger partial charge < -0.3 is 4.90 Å². The molecule has 0 aliphatic carbocycles. The Morgan fingerprint density at radius 3 is 2.48 bits per heavy atom. The zero-order chi connectivity index (χ0) is 17.9. The Hall–Kier alpha value is -2.09. The van der Waals surface area contributed by atoms with Crippen LogP contribution in [0.2, 0.25) is 0 Å². The van der Waals surface area contributed by atoms with E-state index < -0.39 is 12.6 Å². The highest BCUT2D eigenvalue weighted by Gasteiger charge is 2.29. The number of benzene rings is 1. The normalized spacial score (nSPS) is 17.1. The number of para-hydroxylation sites is 1. The van der Waals surface area contributed by atoms with Crippen molar-refractivity contribution in [2.75, 3.05) is 19.6 Å². The van der Waals surface area contributed by atoms with E-state index in [4.69, 9.17) is 0 Å². The smallest absolute Gasteiger partial charge is 0.303 e. The number of nitrogens with zero attached hydrogens (tertiary/aromatic N) is 3. The van der Waals surface area contributed by atoms with Crippen molar-refractivity contribution in [3.05, 3.63) is 46.6 Å². The Kier molecular flexibility index (Phi) is 5.27. The summed E-state index contributed by atoms with van der Waals surface area (Å²) in [6.45, 7) is 1.37. The fraction of sp³-hybridized carbons (Fsp3) is 0.529. The lowest BCUT2D eigenvalue weighted by Gasteiger charge is -2.31. The van der Waals surface area contributed by atoms with E-state index in [1.807, 2.05) is 35.2 Å². The van der Waals surface area contributed by atoms with E-state index in [0.29, 0.717) is 31.3 Å². The van der Waals surface area contributed by atoms with Gasteiger partial charge in [-0.25, -0.2) is 14.5 Å². The van der Waals surface area contributed by atoms with Gasteiger partial charge in [-0.1, -0.05) is 18.2 Å². The highest BCUT2D eigenvalue weighted by molar-refractivity contribution is 5.32. The summed E-state index contributed by atoms with van der Waals surface area (Å²) in [5.41, 5.74) is 0.489. The number of hydrogen-bond donors (Lipinski definition) is 1. The van der Waals surface area contributed by atoms with E-state index in [2.05, 4.69) is 10.2 Å². The van der Waals surface area contributed by atoms with Crippen LogP contribution < -0.4 is 5.69 Å². The number of H-pyrrole nitrogens is 1. The van der Waals surface area contributed by atoms with E-state index >= 15 is 0 Å². The predicted octanol–water partition coefficient (Wildman–Crippen LogP) is 2.77. The van der Waals surface area contributed by atoms with Gasteiger partial charge in [0.1, 0.15) is 5.82 Å². The van der Waals surface area contributed by atoms with Gasteiger partial charge in [0.05, 0.1) is 12.1 Å². The van der Waals surface area contributed by atoms with Crippen molar-refractivity contribution >= 4 is 0 Å². The first-order valence-corrected chi connectivity index (χ1v) is 8.43. The molecule has 1 aromatic carbocycles. The Balaban J connectivity index is 1.59. The maximum absolute atomic E-state index is 12.3. The number of piperidine rings is 1. The van der Waals surface area contributed by atoms with Crippen molar-refractivity contribution in [3.63, 3.8) is 0 Å². The topological polar surface area (TPSA) is 53.9 Å². The van der Waals surface area contributed by atoms with Crippen LogP contribution in [0, 0.1) is 5.92 Å². The van der Waals surface area contributed by atoms with E-state index in [-0.39, 0.29) is 12.2 Å². The molecule has 0 amide bonds. The Bertz CT molecular complexity index is 730. The maximum atomic E-state index is 12.3. The summed E-state index contributed by atoms with van der Waals surface area (Å²) in [5, 5.41) is 6.63. The lowest BCUT2D eigenvalue weighted by atomic mass is 9.93. The van der Waals surface area contributed by atoms with Gasteiger partial charge in [0.2, 0.25) is 0 Å². The fourth-order valence-corrected chi connectivity index (χ4v) is 3.27. The van der Waals surface area contributed by atoms with Gasteiger partial charge in [0.15, 0.2) is 0 Å². The van der Waals surface area contributed by atoms with Crippen LogP contribution in [0.4, 0.5) is 13.2 Å². The quantitative estimate of drug-likeness (QED) is 0.898. The molecule has 25 heavy (non-hydrogen) atoms. The molecular weight excluding hydrogens is 333 g/mol. The SMILES string of the molecule is O=c1[nH]nc(CC2CCN(CCC(F)(F)F)CC2)n1-c1ccccc1. The van der Waals surface area contributed by atoms with E-state index in [0.717, 1.165) is 18.5 Å². The first-order chi connectivity index (χ1) is 11.9. The summed E-state index contributed by atoms with van der Waals surface area (Å²) in [6, 6.07) is 9.29. The van der Waals surface area contributed by atoms with Crippen LogP contribution in [0.3, 0.4) is 0 Å². The molecular formula is C17H21F3N4O. The molecule has 1 fully saturated rings. The zero-order valence-corrected chi connectivity index (χ0v) is 13.8. The number of aromatic nitrogens is 3. The minimum atomic E-state index is -4.10. The summed E-state index contributed by atoms with van der Waals surface area (Å²) in [4.78, 5) is 13.9. The summed E-state index contributed by atoms with van der Waals surface area (Å²) in [7, 11) is 0. The molecule has 3 rings (SSSR count). The maximum Gasteiger partial charge on any atom is 0.390 e. The third-order valence-corrected chi connectivity index (χ3v) is 4.65. The number of alkyl halides is 3. The van der Waals surface area contributed by atoms with Crippen LogP contribution in [0.5, 0.6) is 0 Å². The summed E-state index contributed by atoms with van der Waals surface area (Å²) in [5.74, 6) is 0.991. The third-order valence-electron chi connectivity index (χ3n) is 4.65. The molecule has 2 heterocycles. The molecule has 1 aromatic heterocycles. The van der Waals surface area contributed by atoms with Gasteiger partial charge in [-0.2, -0.15) is 18.3 Å². The Labute approximate surface area is 143 Å². The molecule has 5 nitrogen and oxygen atoms in total. The molecule has 8 heteroatoms. The average molecular weight is 354 g/mol. The number of nitrogens with one attached hydrogen (secondary N) is 1. The van der Waals surface area contributed by atoms with Crippen molar-refractivity contribution in [2.45, 2.75) is 31.9 Å². The molecule has 1 saturated heterocycles. The lowest BCUT2D eigenvalue weighted by molar-refractivity contribution is -0.138. The number of halogens is 3. The molecule has 1 N–H and O–H groups in total. The lowest BCUT2D eigenvalue weighted by Crippen LogP contribution is -2.36. The van der Waals surface area contributed by atoms with Crippen LogP contribution in [-0.4, -0.2) is 45.5 Å². The second-order valence-corrected chi connectivity index (χ2v) is 6.47. The molecule has 0 bridgehead atoms. The highest BCUT2D eigenvalue weighted by atomic mass is 19.4.